The van der Waals surface area contributed by atoms with Crippen molar-refractivity contribution in [1.82, 2.24) is 13.1 Å². The fourth-order valence-electron chi connectivity index (χ4n) is 2.64. The number of sulfonamides is 1. The van der Waals surface area contributed by atoms with Gasteiger partial charge in [0.05, 0.1) is 11.7 Å². The van der Waals surface area contributed by atoms with Crippen LogP contribution >= 0.6 is 11.7 Å². The maximum Gasteiger partial charge on any atom is 0.405 e. The van der Waals surface area contributed by atoms with E-state index in [4.69, 9.17) is 0 Å². The molecule has 0 radical (unpaired) electrons. The van der Waals surface area contributed by atoms with Crippen LogP contribution in [0.3, 0.4) is 0 Å². The summed E-state index contributed by atoms with van der Waals surface area (Å²) in [5, 5.41) is 0. The Hall–Kier alpha value is -1.26. The molecule has 1 aromatic carbocycles. The number of nitrogens with zero attached hydrogens (tertiary/aromatic N) is 3. The van der Waals surface area contributed by atoms with E-state index in [0.29, 0.717) is 22.7 Å². The summed E-state index contributed by atoms with van der Waals surface area (Å²) < 4.78 is 73.3. The molecule has 0 bridgehead atoms. The molecule has 120 valence electrons. The third-order valence-corrected chi connectivity index (χ3v) is 6.15. The first-order chi connectivity index (χ1) is 10.3. The Bertz CT molecular complexity index is 788. The van der Waals surface area contributed by atoms with Gasteiger partial charge in [-0.1, -0.05) is 12.5 Å². The van der Waals surface area contributed by atoms with Gasteiger partial charge < -0.3 is 0 Å². The van der Waals surface area contributed by atoms with Crippen LogP contribution in [0.1, 0.15) is 19.3 Å². The molecule has 10 heteroatoms. The van der Waals surface area contributed by atoms with Gasteiger partial charge >= 0.3 is 6.18 Å². The van der Waals surface area contributed by atoms with E-state index in [-0.39, 0.29) is 23.4 Å². The molecule has 2 heterocycles. The lowest BCUT2D eigenvalue weighted by atomic mass is 10.0. The van der Waals surface area contributed by atoms with Gasteiger partial charge in [-0.2, -0.15) is 26.2 Å². The molecule has 0 saturated carbocycles. The Morgan fingerprint density at radius 3 is 2.73 bits per heavy atom. The zero-order valence-corrected chi connectivity index (χ0v) is 12.9. The van der Waals surface area contributed by atoms with Crippen LogP contribution in [-0.4, -0.2) is 40.2 Å². The van der Waals surface area contributed by atoms with Crippen LogP contribution in [0, 0.1) is 0 Å². The van der Waals surface area contributed by atoms with Crippen molar-refractivity contribution in [1.29, 1.82) is 0 Å². The minimum atomic E-state index is -4.58. The smallest absolute Gasteiger partial charge is 0.207 e. The second kappa shape index (κ2) is 5.43. The third-order valence-electron chi connectivity index (χ3n) is 3.67. The van der Waals surface area contributed by atoms with Crippen molar-refractivity contribution in [3.8, 4) is 0 Å². The molecule has 2 aromatic rings. The van der Waals surface area contributed by atoms with E-state index in [1.165, 1.54) is 12.1 Å². The van der Waals surface area contributed by atoms with Crippen molar-refractivity contribution in [2.75, 3.05) is 6.54 Å². The van der Waals surface area contributed by atoms with Gasteiger partial charge in [-0.05, 0) is 25.0 Å². The summed E-state index contributed by atoms with van der Waals surface area (Å²) in [5.41, 5.74) is 0.491. The molecule has 3 rings (SSSR count). The minimum Gasteiger partial charge on any atom is -0.207 e. The first-order valence-electron chi connectivity index (χ1n) is 6.61. The number of halogens is 3. The van der Waals surface area contributed by atoms with Gasteiger partial charge in [0.2, 0.25) is 10.0 Å². The topological polar surface area (TPSA) is 63.2 Å². The lowest BCUT2D eigenvalue weighted by Gasteiger charge is -2.35. The molecule has 0 spiro atoms. The second-order valence-corrected chi connectivity index (χ2v) is 7.44. The van der Waals surface area contributed by atoms with Crippen LogP contribution < -0.4 is 0 Å². The fraction of sp³-hybridized carbons (Fsp3) is 0.500. The van der Waals surface area contributed by atoms with E-state index in [1.54, 1.807) is 6.07 Å². The molecule has 0 N–H and O–H groups in total. The predicted molar refractivity (Wildman–Crippen MR) is 75.0 cm³/mol. The molecule has 1 unspecified atom stereocenters. The molecule has 1 aliphatic rings. The molecule has 1 saturated heterocycles. The first-order valence-corrected chi connectivity index (χ1v) is 8.79. The Morgan fingerprint density at radius 1 is 1.23 bits per heavy atom. The summed E-state index contributed by atoms with van der Waals surface area (Å²) in [5.74, 6) is 0. The summed E-state index contributed by atoms with van der Waals surface area (Å²) in [7, 11) is -4.27. The average molecular weight is 351 g/mol. The number of rotatable bonds is 2. The summed E-state index contributed by atoms with van der Waals surface area (Å²) in [6.07, 6.45) is -4.02. The van der Waals surface area contributed by atoms with Gasteiger partial charge in [0.1, 0.15) is 22.0 Å². The molecule has 0 aliphatic carbocycles. The molecule has 5 nitrogen and oxygen atoms in total. The molecule has 1 aromatic heterocycles. The lowest BCUT2D eigenvalue weighted by molar-refractivity contribution is -0.177. The van der Waals surface area contributed by atoms with Crippen LogP contribution in [0.5, 0.6) is 0 Å². The summed E-state index contributed by atoms with van der Waals surface area (Å²) in [6, 6.07) is 2.34. The van der Waals surface area contributed by atoms with Crippen LogP contribution in [0.25, 0.3) is 11.0 Å². The highest BCUT2D eigenvalue weighted by Gasteiger charge is 2.49. The van der Waals surface area contributed by atoms with E-state index in [9.17, 15) is 21.6 Å². The van der Waals surface area contributed by atoms with E-state index < -0.39 is 22.2 Å². The Balaban J connectivity index is 2.10. The monoisotopic (exact) mass is 351 g/mol. The van der Waals surface area contributed by atoms with Crippen molar-refractivity contribution < 1.29 is 21.6 Å². The van der Waals surface area contributed by atoms with Gasteiger partial charge in [0, 0.05) is 6.54 Å². The maximum atomic E-state index is 13.2. The highest BCUT2D eigenvalue weighted by Crippen LogP contribution is 2.36. The average Bonchev–Trinajstić information content (AvgIpc) is 2.94. The van der Waals surface area contributed by atoms with Crippen LogP contribution in [0.2, 0.25) is 0 Å². The van der Waals surface area contributed by atoms with Crippen molar-refractivity contribution in [3.05, 3.63) is 18.2 Å². The van der Waals surface area contributed by atoms with Crippen LogP contribution in [0.15, 0.2) is 23.1 Å². The third kappa shape index (κ3) is 2.59. The van der Waals surface area contributed by atoms with E-state index in [1.807, 2.05) is 0 Å². The molecule has 1 aliphatic heterocycles. The standard InChI is InChI=1S/C12H12F3N3O2S2/c13-12(14,15)10-6-1-2-7-18(10)22(19,20)9-5-3-4-8-11(9)17-21-16-8/h3-5,10H,1-2,6-7H2. The zero-order valence-electron chi connectivity index (χ0n) is 11.2. The molecular weight excluding hydrogens is 339 g/mol. The highest BCUT2D eigenvalue weighted by molar-refractivity contribution is 7.89. The van der Waals surface area contributed by atoms with Crippen molar-refractivity contribution in [3.63, 3.8) is 0 Å². The van der Waals surface area contributed by atoms with Gasteiger partial charge in [0.25, 0.3) is 0 Å². The number of benzene rings is 1. The number of hydrogen-bond acceptors (Lipinski definition) is 5. The molecule has 22 heavy (non-hydrogen) atoms. The number of piperidine rings is 1. The lowest BCUT2D eigenvalue weighted by Crippen LogP contribution is -2.51. The van der Waals surface area contributed by atoms with Crippen molar-refractivity contribution in [2.45, 2.75) is 36.4 Å². The molecular formula is C12H12F3N3O2S2. The number of alkyl halides is 3. The summed E-state index contributed by atoms with van der Waals surface area (Å²) >= 11 is 0.831. The summed E-state index contributed by atoms with van der Waals surface area (Å²) in [6.45, 7) is -0.138. The number of aromatic nitrogens is 2. The normalized spacial score (nSPS) is 21.3. The van der Waals surface area contributed by atoms with Crippen LogP contribution in [0.4, 0.5) is 13.2 Å². The SMILES string of the molecule is O=S(=O)(c1cccc2nsnc12)N1CCCCC1C(F)(F)F. The van der Waals surface area contributed by atoms with Gasteiger partial charge in [-0.25, -0.2) is 8.42 Å². The van der Waals surface area contributed by atoms with Crippen molar-refractivity contribution >= 4 is 32.8 Å². The largest absolute Gasteiger partial charge is 0.405 e. The Labute approximate surface area is 129 Å². The van der Waals surface area contributed by atoms with Gasteiger partial charge in [-0.15, -0.1) is 0 Å². The van der Waals surface area contributed by atoms with Crippen molar-refractivity contribution in [2.24, 2.45) is 0 Å². The predicted octanol–water partition coefficient (Wildman–Crippen LogP) is 2.80. The molecule has 1 fully saturated rings. The highest BCUT2D eigenvalue weighted by atomic mass is 32.2. The molecule has 0 amide bonds. The first kappa shape index (κ1) is 15.6. The van der Waals surface area contributed by atoms with E-state index in [2.05, 4.69) is 8.75 Å². The van der Waals surface area contributed by atoms with Gasteiger partial charge in [0.15, 0.2) is 0 Å². The Kier molecular flexibility index (Phi) is 3.86. The fourth-order valence-corrected chi connectivity index (χ4v) is 5.07. The number of hydrogen-bond donors (Lipinski definition) is 0. The Morgan fingerprint density at radius 2 is 2.00 bits per heavy atom. The van der Waals surface area contributed by atoms with E-state index in [0.717, 1.165) is 11.7 Å². The van der Waals surface area contributed by atoms with E-state index >= 15 is 0 Å². The number of fused-ring (bicyclic) bond motifs is 1. The van der Waals surface area contributed by atoms with Gasteiger partial charge in [-0.3, -0.25) is 0 Å². The zero-order chi connectivity index (χ0) is 16.0. The second-order valence-electron chi connectivity index (χ2n) is 5.06. The molecule has 1 atom stereocenters. The minimum absolute atomic E-state index is 0.124. The van der Waals surface area contributed by atoms with Crippen LogP contribution in [-0.2, 0) is 10.0 Å². The quantitative estimate of drug-likeness (QED) is 0.835. The maximum absolute atomic E-state index is 13.2. The summed E-state index contributed by atoms with van der Waals surface area (Å²) in [4.78, 5) is -0.213.